The molecule has 2 aliphatic rings. The highest BCUT2D eigenvalue weighted by molar-refractivity contribution is 5.95. The maximum absolute atomic E-state index is 13.0. The van der Waals surface area contributed by atoms with E-state index in [0.717, 1.165) is 12.8 Å². The molecule has 3 heterocycles. The lowest BCUT2D eigenvalue weighted by Crippen LogP contribution is -2.32. The Hall–Kier alpha value is -2.83. The van der Waals surface area contributed by atoms with E-state index in [2.05, 4.69) is 9.97 Å². The van der Waals surface area contributed by atoms with Crippen LogP contribution in [-0.2, 0) is 0 Å². The van der Waals surface area contributed by atoms with Crippen molar-refractivity contribution in [3.8, 4) is 11.5 Å². The van der Waals surface area contributed by atoms with Crippen LogP contribution in [0.25, 0.3) is 0 Å². The Morgan fingerprint density at radius 2 is 2.04 bits per heavy atom. The predicted molar refractivity (Wildman–Crippen MR) is 90.0 cm³/mol. The topological polar surface area (TPSA) is 84.5 Å². The monoisotopic (exact) mass is 341 g/mol. The number of carbonyl (C=O) groups is 1. The maximum Gasteiger partial charge on any atom is 0.254 e. The molecule has 25 heavy (non-hydrogen) atoms. The van der Waals surface area contributed by atoms with Crippen LogP contribution >= 0.6 is 0 Å². The molecule has 2 aromatic rings. The Balaban J connectivity index is 1.63. The fraction of sp³-hybridized carbons (Fsp3) is 0.389. The molecule has 0 bridgehead atoms. The average Bonchev–Trinajstić information content (AvgIpc) is 3.09. The first-order chi connectivity index (χ1) is 12.1. The minimum Gasteiger partial charge on any atom is -0.486 e. The van der Waals surface area contributed by atoms with Crippen LogP contribution in [0.5, 0.6) is 11.5 Å². The van der Waals surface area contributed by atoms with Gasteiger partial charge in [-0.3, -0.25) is 9.59 Å². The Kier molecular flexibility index (Phi) is 3.91. The van der Waals surface area contributed by atoms with Crippen LogP contribution in [-0.4, -0.2) is 40.5 Å². The van der Waals surface area contributed by atoms with Crippen LogP contribution < -0.4 is 15.0 Å². The second-order valence-electron chi connectivity index (χ2n) is 6.29. The molecule has 2 aliphatic heterocycles. The number of nitrogens with zero attached hydrogens (tertiary/aromatic N) is 2. The van der Waals surface area contributed by atoms with E-state index in [1.54, 1.807) is 30.0 Å². The lowest BCUT2D eigenvalue weighted by molar-refractivity contribution is 0.0728. The van der Waals surface area contributed by atoms with Crippen molar-refractivity contribution in [3.05, 3.63) is 51.7 Å². The van der Waals surface area contributed by atoms with Gasteiger partial charge in [-0.05, 0) is 38.0 Å². The van der Waals surface area contributed by atoms with Gasteiger partial charge in [-0.15, -0.1) is 0 Å². The summed E-state index contributed by atoms with van der Waals surface area (Å²) in [7, 11) is 0. The van der Waals surface area contributed by atoms with E-state index in [1.165, 1.54) is 6.07 Å². The molecule has 0 saturated carbocycles. The summed E-state index contributed by atoms with van der Waals surface area (Å²) in [4.78, 5) is 33.7. The predicted octanol–water partition coefficient (Wildman–Crippen LogP) is 1.83. The zero-order valence-corrected chi connectivity index (χ0v) is 13.9. The van der Waals surface area contributed by atoms with E-state index >= 15 is 0 Å². The zero-order chi connectivity index (χ0) is 17.4. The molecule has 1 N–H and O–H groups in total. The lowest BCUT2D eigenvalue weighted by atomic mass is 10.1. The van der Waals surface area contributed by atoms with E-state index in [1.807, 2.05) is 0 Å². The quantitative estimate of drug-likeness (QED) is 0.901. The van der Waals surface area contributed by atoms with Gasteiger partial charge in [-0.1, -0.05) is 0 Å². The number of nitrogens with one attached hydrogen (secondary N) is 1. The molecule has 1 saturated heterocycles. The summed E-state index contributed by atoms with van der Waals surface area (Å²) < 4.78 is 11.1. The van der Waals surface area contributed by atoms with E-state index in [0.29, 0.717) is 48.3 Å². The number of ether oxygens (including phenoxy) is 2. The number of aromatic nitrogens is 2. The first-order valence-corrected chi connectivity index (χ1v) is 8.40. The summed E-state index contributed by atoms with van der Waals surface area (Å²) >= 11 is 0. The van der Waals surface area contributed by atoms with Crippen molar-refractivity contribution < 1.29 is 14.3 Å². The standard InChI is InChI=1S/C18H19N3O4/c1-11-9-16(22)20-17(19-11)13-3-2-6-21(13)18(23)12-4-5-14-15(10-12)25-8-7-24-14/h4-5,9-10,13H,2-3,6-8H2,1H3,(H,19,20,22). The van der Waals surface area contributed by atoms with Crippen molar-refractivity contribution in [1.82, 2.24) is 14.9 Å². The van der Waals surface area contributed by atoms with Gasteiger partial charge in [-0.2, -0.15) is 0 Å². The molecule has 1 amide bonds. The van der Waals surface area contributed by atoms with E-state index in [-0.39, 0.29) is 17.5 Å². The largest absolute Gasteiger partial charge is 0.486 e. The molecule has 130 valence electrons. The molecular formula is C18H19N3O4. The molecule has 0 aliphatic carbocycles. The number of benzene rings is 1. The Morgan fingerprint density at radius 3 is 2.84 bits per heavy atom. The first-order valence-electron chi connectivity index (χ1n) is 8.40. The lowest BCUT2D eigenvalue weighted by Gasteiger charge is -2.25. The van der Waals surface area contributed by atoms with Crippen LogP contribution in [0.1, 0.15) is 40.8 Å². The fourth-order valence-corrected chi connectivity index (χ4v) is 3.40. The molecule has 1 atom stereocenters. The second kappa shape index (κ2) is 6.23. The van der Waals surface area contributed by atoms with Gasteiger partial charge >= 0.3 is 0 Å². The van der Waals surface area contributed by atoms with Crippen LogP contribution in [0.4, 0.5) is 0 Å². The van der Waals surface area contributed by atoms with E-state index in [9.17, 15) is 9.59 Å². The van der Waals surface area contributed by atoms with Crippen molar-refractivity contribution in [3.63, 3.8) is 0 Å². The van der Waals surface area contributed by atoms with Gasteiger partial charge in [0.1, 0.15) is 19.0 Å². The SMILES string of the molecule is Cc1cc(=O)[nH]c(C2CCCN2C(=O)c2ccc3c(c2)OCCO3)n1. The summed E-state index contributed by atoms with van der Waals surface area (Å²) in [6.07, 6.45) is 1.65. The van der Waals surface area contributed by atoms with Crippen molar-refractivity contribution >= 4 is 5.91 Å². The molecule has 4 rings (SSSR count). The normalized spacial score (nSPS) is 19.1. The van der Waals surface area contributed by atoms with Crippen molar-refractivity contribution in [2.45, 2.75) is 25.8 Å². The molecule has 1 fully saturated rings. The molecule has 1 aromatic carbocycles. The van der Waals surface area contributed by atoms with Gasteiger partial charge in [0.05, 0.1) is 6.04 Å². The van der Waals surface area contributed by atoms with Gasteiger partial charge in [-0.25, -0.2) is 4.98 Å². The number of likely N-dealkylation sites (tertiary alicyclic amines) is 1. The molecule has 0 spiro atoms. The minimum atomic E-state index is -0.215. The Bertz CT molecular complexity index is 877. The number of aryl methyl sites for hydroxylation is 1. The number of fused-ring (bicyclic) bond motifs is 1. The summed E-state index contributed by atoms with van der Waals surface area (Å²) in [5.74, 6) is 1.71. The Morgan fingerprint density at radius 1 is 1.24 bits per heavy atom. The van der Waals surface area contributed by atoms with Crippen LogP contribution in [0, 0.1) is 6.92 Å². The summed E-state index contributed by atoms with van der Waals surface area (Å²) in [5.41, 5.74) is 1.00. The molecular weight excluding hydrogens is 322 g/mol. The first kappa shape index (κ1) is 15.7. The van der Waals surface area contributed by atoms with Gasteiger partial charge in [0.2, 0.25) is 0 Å². The second-order valence-corrected chi connectivity index (χ2v) is 6.29. The van der Waals surface area contributed by atoms with Crippen molar-refractivity contribution in [2.24, 2.45) is 0 Å². The van der Waals surface area contributed by atoms with Gasteiger partial charge < -0.3 is 19.4 Å². The van der Waals surface area contributed by atoms with Gasteiger partial charge in [0.25, 0.3) is 11.5 Å². The summed E-state index contributed by atoms with van der Waals surface area (Å²) in [5, 5.41) is 0. The summed E-state index contributed by atoms with van der Waals surface area (Å²) in [6, 6.07) is 6.47. The molecule has 1 aromatic heterocycles. The number of amides is 1. The third-order valence-corrected chi connectivity index (χ3v) is 4.51. The number of H-pyrrole nitrogens is 1. The number of rotatable bonds is 2. The van der Waals surface area contributed by atoms with Crippen LogP contribution in [0.2, 0.25) is 0 Å². The molecule has 1 unspecified atom stereocenters. The molecule has 0 radical (unpaired) electrons. The van der Waals surface area contributed by atoms with Gasteiger partial charge in [0.15, 0.2) is 11.5 Å². The van der Waals surface area contributed by atoms with E-state index in [4.69, 9.17) is 9.47 Å². The van der Waals surface area contributed by atoms with Crippen molar-refractivity contribution in [2.75, 3.05) is 19.8 Å². The zero-order valence-electron chi connectivity index (χ0n) is 13.9. The Labute approximate surface area is 144 Å². The highest BCUT2D eigenvalue weighted by Crippen LogP contribution is 2.34. The minimum absolute atomic E-state index is 0.0939. The molecule has 7 nitrogen and oxygen atoms in total. The highest BCUT2D eigenvalue weighted by atomic mass is 16.6. The third-order valence-electron chi connectivity index (χ3n) is 4.51. The molecule has 7 heteroatoms. The summed E-state index contributed by atoms with van der Waals surface area (Å²) in [6.45, 7) is 3.41. The highest BCUT2D eigenvalue weighted by Gasteiger charge is 2.32. The van der Waals surface area contributed by atoms with Gasteiger partial charge in [0, 0.05) is 23.9 Å². The smallest absolute Gasteiger partial charge is 0.254 e. The van der Waals surface area contributed by atoms with E-state index < -0.39 is 0 Å². The van der Waals surface area contributed by atoms with Crippen LogP contribution in [0.15, 0.2) is 29.1 Å². The fourth-order valence-electron chi connectivity index (χ4n) is 3.40. The number of aromatic amines is 1. The number of hydrogen-bond acceptors (Lipinski definition) is 5. The maximum atomic E-state index is 13.0. The number of carbonyl (C=O) groups excluding carboxylic acids is 1. The third kappa shape index (κ3) is 2.97. The van der Waals surface area contributed by atoms with Crippen molar-refractivity contribution in [1.29, 1.82) is 0 Å². The van der Waals surface area contributed by atoms with Crippen LogP contribution in [0.3, 0.4) is 0 Å². The number of hydrogen-bond donors (Lipinski definition) is 1. The average molecular weight is 341 g/mol.